The minimum absolute atomic E-state index is 0.125. The molecule has 4 heteroatoms. The summed E-state index contributed by atoms with van der Waals surface area (Å²) >= 11 is 0. The van der Waals surface area contributed by atoms with E-state index in [1.165, 1.54) is 0 Å². The third-order valence-corrected chi connectivity index (χ3v) is 5.92. The molecule has 4 nitrogen and oxygen atoms in total. The number of carbonyl (C=O) groups is 1. The Kier molecular flexibility index (Phi) is 4.48. The molecule has 1 amide bonds. The Balaban J connectivity index is 1.59. The van der Waals surface area contributed by atoms with Gasteiger partial charge in [0.2, 0.25) is 5.91 Å². The van der Waals surface area contributed by atoms with Crippen molar-refractivity contribution in [3.05, 3.63) is 71.8 Å². The van der Waals surface area contributed by atoms with E-state index in [4.69, 9.17) is 0 Å². The Bertz CT molecular complexity index is 773. The molecule has 2 atom stereocenters. The zero-order valence-corrected chi connectivity index (χ0v) is 14.8. The number of rotatable bonds is 5. The van der Waals surface area contributed by atoms with Gasteiger partial charge in [-0.1, -0.05) is 60.7 Å². The maximum Gasteiger partial charge on any atom is 0.224 e. The lowest BCUT2D eigenvalue weighted by Crippen LogP contribution is -2.34. The average molecular weight is 345 g/mol. The third-order valence-electron chi connectivity index (χ3n) is 5.92. The number of benzene rings is 2. The first-order valence-electron chi connectivity index (χ1n) is 9.25. The number of nitrogens with zero attached hydrogens (tertiary/aromatic N) is 2. The summed E-state index contributed by atoms with van der Waals surface area (Å²) in [6.45, 7) is 3.36. The van der Waals surface area contributed by atoms with E-state index in [0.717, 1.165) is 43.7 Å². The largest absolute Gasteiger partial charge is 0.355 e. The van der Waals surface area contributed by atoms with Gasteiger partial charge in [0.1, 0.15) is 5.41 Å². The van der Waals surface area contributed by atoms with Gasteiger partial charge in [-0.05, 0) is 17.5 Å². The second kappa shape index (κ2) is 6.93. The minimum atomic E-state index is -0.664. The molecule has 0 radical (unpaired) electrons. The fourth-order valence-corrected chi connectivity index (χ4v) is 4.42. The van der Waals surface area contributed by atoms with Crippen molar-refractivity contribution >= 4 is 5.91 Å². The quantitative estimate of drug-likeness (QED) is 0.906. The van der Waals surface area contributed by atoms with Crippen molar-refractivity contribution in [2.24, 2.45) is 11.8 Å². The topological polar surface area (TPSA) is 56.1 Å². The van der Waals surface area contributed by atoms with E-state index >= 15 is 0 Å². The highest BCUT2D eigenvalue weighted by molar-refractivity contribution is 5.81. The molecule has 0 aromatic heterocycles. The van der Waals surface area contributed by atoms with Gasteiger partial charge in [-0.2, -0.15) is 5.26 Å². The lowest BCUT2D eigenvalue weighted by molar-refractivity contribution is -0.122. The molecule has 0 bridgehead atoms. The highest BCUT2D eigenvalue weighted by Crippen LogP contribution is 2.36. The molecule has 2 heterocycles. The Morgan fingerprint density at radius 1 is 1.04 bits per heavy atom. The van der Waals surface area contributed by atoms with Crippen LogP contribution in [-0.4, -0.2) is 37.0 Å². The monoisotopic (exact) mass is 345 g/mol. The van der Waals surface area contributed by atoms with Gasteiger partial charge in [0.15, 0.2) is 0 Å². The van der Waals surface area contributed by atoms with Crippen molar-refractivity contribution in [1.82, 2.24) is 10.2 Å². The normalized spacial score (nSPS) is 22.7. The van der Waals surface area contributed by atoms with Crippen molar-refractivity contribution in [1.29, 1.82) is 5.26 Å². The third kappa shape index (κ3) is 2.89. The highest BCUT2D eigenvalue weighted by Gasteiger charge is 2.43. The van der Waals surface area contributed by atoms with Gasteiger partial charge in [0.25, 0.3) is 0 Å². The number of hydrogen-bond donors (Lipinski definition) is 1. The minimum Gasteiger partial charge on any atom is -0.355 e. The SMILES string of the molecule is N#CC(CCN1C[C@@H]2CNC(=O)[C@@H]2C1)(c1ccccc1)c1ccccc1. The van der Waals surface area contributed by atoms with Gasteiger partial charge in [0.05, 0.1) is 12.0 Å². The fraction of sp³-hybridized carbons (Fsp3) is 0.364. The number of amides is 1. The maximum absolute atomic E-state index is 11.9. The number of carbonyl (C=O) groups excluding carboxylic acids is 1. The van der Waals surface area contributed by atoms with Gasteiger partial charge < -0.3 is 10.2 Å². The van der Waals surface area contributed by atoms with E-state index in [2.05, 4.69) is 16.3 Å². The van der Waals surface area contributed by atoms with Crippen molar-refractivity contribution in [3.8, 4) is 6.07 Å². The van der Waals surface area contributed by atoms with Crippen molar-refractivity contribution in [2.45, 2.75) is 11.8 Å². The van der Waals surface area contributed by atoms with Crippen LogP contribution in [0.1, 0.15) is 17.5 Å². The van der Waals surface area contributed by atoms with Crippen LogP contribution in [0.25, 0.3) is 0 Å². The molecule has 1 N–H and O–H groups in total. The van der Waals surface area contributed by atoms with E-state index < -0.39 is 5.41 Å². The Labute approximate surface area is 154 Å². The summed E-state index contributed by atoms with van der Waals surface area (Å²) in [5, 5.41) is 13.2. The summed E-state index contributed by atoms with van der Waals surface area (Å²) < 4.78 is 0. The van der Waals surface area contributed by atoms with Crippen LogP contribution < -0.4 is 5.32 Å². The van der Waals surface area contributed by atoms with Gasteiger partial charge in [0, 0.05) is 32.1 Å². The highest BCUT2D eigenvalue weighted by atomic mass is 16.2. The predicted octanol–water partition coefficient (Wildman–Crippen LogP) is 2.56. The molecular weight excluding hydrogens is 322 g/mol. The molecule has 2 aliphatic heterocycles. The summed E-state index contributed by atoms with van der Waals surface area (Å²) in [4.78, 5) is 14.3. The Morgan fingerprint density at radius 3 is 2.19 bits per heavy atom. The van der Waals surface area contributed by atoms with E-state index in [1.54, 1.807) is 0 Å². The second-order valence-electron chi connectivity index (χ2n) is 7.37. The standard InChI is InChI=1S/C22H23N3O/c23-16-22(18-7-3-1-4-8-18,19-9-5-2-6-10-19)11-12-25-14-17-13-24-21(26)20(17)15-25/h1-10,17,20H,11-15H2,(H,24,26)/t17-,20+/m0/s1. The number of fused-ring (bicyclic) bond motifs is 1. The van der Waals surface area contributed by atoms with Crippen LogP contribution in [0.2, 0.25) is 0 Å². The van der Waals surface area contributed by atoms with E-state index in [9.17, 15) is 10.1 Å². The smallest absolute Gasteiger partial charge is 0.224 e. The molecule has 26 heavy (non-hydrogen) atoms. The van der Waals surface area contributed by atoms with Crippen LogP contribution >= 0.6 is 0 Å². The van der Waals surface area contributed by atoms with Crippen LogP contribution in [0.5, 0.6) is 0 Å². The molecule has 0 saturated carbocycles. The van der Waals surface area contributed by atoms with Crippen molar-refractivity contribution < 1.29 is 4.79 Å². The number of hydrogen-bond acceptors (Lipinski definition) is 3. The van der Waals surface area contributed by atoms with Gasteiger partial charge >= 0.3 is 0 Å². The zero-order chi connectivity index (χ0) is 18.0. The summed E-state index contributed by atoms with van der Waals surface area (Å²) in [5.41, 5.74) is 1.40. The fourth-order valence-electron chi connectivity index (χ4n) is 4.42. The molecule has 0 aliphatic carbocycles. The number of nitriles is 1. The molecule has 2 aromatic rings. The van der Waals surface area contributed by atoms with E-state index in [-0.39, 0.29) is 11.8 Å². The zero-order valence-electron chi connectivity index (χ0n) is 14.8. The van der Waals surface area contributed by atoms with Crippen LogP contribution in [0, 0.1) is 23.2 Å². The van der Waals surface area contributed by atoms with Gasteiger partial charge in [-0.3, -0.25) is 4.79 Å². The molecule has 2 aliphatic rings. The van der Waals surface area contributed by atoms with Gasteiger partial charge in [-0.25, -0.2) is 0 Å². The van der Waals surface area contributed by atoms with Crippen LogP contribution in [-0.2, 0) is 10.2 Å². The Morgan fingerprint density at radius 2 is 1.65 bits per heavy atom. The molecule has 2 fully saturated rings. The van der Waals surface area contributed by atoms with Gasteiger partial charge in [-0.15, -0.1) is 0 Å². The van der Waals surface area contributed by atoms with Crippen molar-refractivity contribution in [3.63, 3.8) is 0 Å². The summed E-state index contributed by atoms with van der Waals surface area (Å²) in [6.07, 6.45) is 0.721. The molecule has 0 spiro atoms. The first kappa shape index (κ1) is 16.8. The van der Waals surface area contributed by atoms with Crippen molar-refractivity contribution in [2.75, 3.05) is 26.2 Å². The van der Waals surface area contributed by atoms with Crippen LogP contribution in [0.4, 0.5) is 0 Å². The number of likely N-dealkylation sites (tertiary alicyclic amines) is 1. The molecule has 0 unspecified atom stereocenters. The van der Waals surface area contributed by atoms with Crippen LogP contribution in [0.3, 0.4) is 0 Å². The average Bonchev–Trinajstić information content (AvgIpc) is 3.26. The van der Waals surface area contributed by atoms with E-state index in [1.807, 2.05) is 60.7 Å². The first-order chi connectivity index (χ1) is 12.7. The molecule has 132 valence electrons. The second-order valence-corrected chi connectivity index (χ2v) is 7.37. The first-order valence-corrected chi connectivity index (χ1v) is 9.25. The Hall–Kier alpha value is -2.64. The van der Waals surface area contributed by atoms with E-state index in [0.29, 0.717) is 5.92 Å². The molecule has 2 saturated heterocycles. The van der Waals surface area contributed by atoms with Crippen LogP contribution in [0.15, 0.2) is 60.7 Å². The summed E-state index contributed by atoms with van der Waals surface area (Å²) in [5.74, 6) is 0.738. The molecular formula is C22H23N3O. The molecule has 4 rings (SSSR count). The maximum atomic E-state index is 11.9. The number of nitrogens with one attached hydrogen (secondary N) is 1. The lowest BCUT2D eigenvalue weighted by Gasteiger charge is -2.30. The summed E-state index contributed by atoms with van der Waals surface area (Å²) in [6, 6.07) is 22.7. The lowest BCUT2D eigenvalue weighted by atomic mass is 9.73. The summed E-state index contributed by atoms with van der Waals surface area (Å²) in [7, 11) is 0. The molecule has 2 aromatic carbocycles. The predicted molar refractivity (Wildman–Crippen MR) is 100 cm³/mol.